The highest BCUT2D eigenvalue weighted by atomic mass is 16.5. The average Bonchev–Trinajstić information content (AvgIpc) is 3.44. The fraction of sp³-hybridized carbons (Fsp3) is 0.487. The highest BCUT2D eigenvalue weighted by molar-refractivity contribution is 5.84. The molecule has 10 heteroatoms. The lowest BCUT2D eigenvalue weighted by Crippen LogP contribution is -2.70. The molecule has 6 atom stereocenters. The average molecular weight is 670 g/mol. The molecular formula is C39H47N3O7. The van der Waals surface area contributed by atoms with Gasteiger partial charge in [-0.2, -0.15) is 0 Å². The van der Waals surface area contributed by atoms with Gasteiger partial charge in [-0.15, -0.1) is 0 Å². The van der Waals surface area contributed by atoms with Gasteiger partial charge < -0.3 is 29.3 Å². The summed E-state index contributed by atoms with van der Waals surface area (Å²) >= 11 is 0. The Balaban J connectivity index is 1.26. The van der Waals surface area contributed by atoms with Crippen molar-refractivity contribution in [2.75, 3.05) is 20.7 Å². The van der Waals surface area contributed by atoms with Crippen LogP contribution in [-0.2, 0) is 39.2 Å². The SMILES string of the molecule is COc1cc(O)c2c3c1C[C@@H]1[C@@H]4CC[C@H](NN(C(=O)CC(C)C)[C@@H](Cc5ccc(O)cc5)C(=O)OCc5ccccc5)[C@H](O2)[C@]34CCN1C. The van der Waals surface area contributed by atoms with Gasteiger partial charge in [0.1, 0.15) is 30.3 Å². The molecule has 0 aromatic heterocycles. The van der Waals surface area contributed by atoms with Crippen molar-refractivity contribution in [2.24, 2.45) is 11.8 Å². The minimum atomic E-state index is -0.987. The number of ether oxygens (including phenoxy) is 3. The molecule has 260 valence electrons. The highest BCUT2D eigenvalue weighted by Gasteiger charge is 2.66. The number of piperidine rings is 1. The molecule has 2 heterocycles. The predicted molar refractivity (Wildman–Crippen MR) is 183 cm³/mol. The molecule has 49 heavy (non-hydrogen) atoms. The lowest BCUT2D eigenvalue weighted by atomic mass is 9.51. The number of carbonyl (C=O) groups excluding carboxylic acids is 2. The van der Waals surface area contributed by atoms with Gasteiger partial charge in [0.05, 0.1) is 13.2 Å². The van der Waals surface area contributed by atoms with E-state index in [1.165, 1.54) is 5.01 Å². The number of carbonyl (C=O) groups is 2. The highest BCUT2D eigenvalue weighted by Crippen LogP contribution is 2.65. The molecule has 2 aliphatic heterocycles. The van der Waals surface area contributed by atoms with E-state index in [0.29, 0.717) is 23.5 Å². The number of esters is 1. The lowest BCUT2D eigenvalue weighted by molar-refractivity contribution is -0.162. The molecule has 4 aliphatic rings. The number of hydrogen-bond donors (Lipinski definition) is 3. The van der Waals surface area contributed by atoms with Crippen LogP contribution in [-0.4, -0.2) is 76.9 Å². The van der Waals surface area contributed by atoms with Gasteiger partial charge >= 0.3 is 5.97 Å². The van der Waals surface area contributed by atoms with Crippen LogP contribution in [0.5, 0.6) is 23.0 Å². The maximum absolute atomic E-state index is 14.2. The number of nitrogens with one attached hydrogen (secondary N) is 1. The molecule has 1 saturated carbocycles. The smallest absolute Gasteiger partial charge is 0.331 e. The quantitative estimate of drug-likeness (QED) is 0.194. The van der Waals surface area contributed by atoms with Crippen molar-refractivity contribution in [3.05, 3.63) is 82.9 Å². The van der Waals surface area contributed by atoms with Gasteiger partial charge in [-0.25, -0.2) is 10.2 Å². The third-order valence-electron chi connectivity index (χ3n) is 11.2. The van der Waals surface area contributed by atoms with Crippen molar-refractivity contribution in [1.29, 1.82) is 0 Å². The van der Waals surface area contributed by atoms with E-state index >= 15 is 0 Å². The maximum Gasteiger partial charge on any atom is 0.331 e. The number of benzene rings is 3. The van der Waals surface area contributed by atoms with E-state index in [1.807, 2.05) is 44.2 Å². The van der Waals surface area contributed by atoms with Gasteiger partial charge in [-0.1, -0.05) is 56.3 Å². The van der Waals surface area contributed by atoms with Crippen LogP contribution in [0.4, 0.5) is 0 Å². The molecule has 2 fully saturated rings. The Morgan fingerprint density at radius 1 is 1.08 bits per heavy atom. The Morgan fingerprint density at radius 3 is 2.55 bits per heavy atom. The first kappa shape index (κ1) is 33.2. The molecule has 3 aromatic carbocycles. The van der Waals surface area contributed by atoms with Crippen molar-refractivity contribution in [2.45, 2.75) is 88.6 Å². The Morgan fingerprint density at radius 2 is 1.84 bits per heavy atom. The first-order valence-electron chi connectivity index (χ1n) is 17.5. The summed E-state index contributed by atoms with van der Waals surface area (Å²) < 4.78 is 18.5. The van der Waals surface area contributed by atoms with Crippen molar-refractivity contribution >= 4 is 11.9 Å². The number of phenols is 2. The number of rotatable bonds is 11. The Labute approximate surface area is 287 Å². The van der Waals surface area contributed by atoms with Gasteiger partial charge in [0.25, 0.3) is 0 Å². The number of likely N-dealkylation sites (tertiary alicyclic amines) is 1. The van der Waals surface area contributed by atoms with Crippen LogP contribution in [0.15, 0.2) is 60.7 Å². The van der Waals surface area contributed by atoms with Crippen molar-refractivity contribution in [3.8, 4) is 23.0 Å². The van der Waals surface area contributed by atoms with Gasteiger partial charge in [-0.05, 0) is 74.4 Å². The molecule has 10 nitrogen and oxygen atoms in total. The van der Waals surface area contributed by atoms with Crippen molar-refractivity contribution in [3.63, 3.8) is 0 Å². The van der Waals surface area contributed by atoms with Crippen LogP contribution < -0.4 is 14.9 Å². The number of hydrogen-bond acceptors (Lipinski definition) is 9. The molecule has 0 unspecified atom stereocenters. The molecule has 1 amide bonds. The van der Waals surface area contributed by atoms with E-state index in [9.17, 15) is 19.8 Å². The molecule has 1 saturated heterocycles. The summed E-state index contributed by atoms with van der Waals surface area (Å²) in [6, 6.07) is 16.8. The molecule has 3 aromatic rings. The Kier molecular flexibility index (Phi) is 8.96. The number of amides is 1. The van der Waals surface area contributed by atoms with Crippen LogP contribution in [0.1, 0.15) is 61.8 Å². The number of phenolic OH excluding ortho intramolecular Hbond substituents is 2. The molecule has 2 bridgehead atoms. The predicted octanol–water partition coefficient (Wildman–Crippen LogP) is 4.88. The standard InChI is InChI=1S/C39H47N3O7/c1-23(2)18-34(45)42(31(19-24-10-12-26(43)13-11-24)38(46)48-22-25-8-6-5-7-9-25)40-29-15-14-28-30-20-27-33(47-4)21-32(44)36-35(27)39(28,37(29)49-36)16-17-41(30)3/h5-13,21,23,28-31,37,40,43-44H,14-20,22H2,1-4H3/t28-,29-,30+,31-,37-,39-/m0/s1. The normalized spacial score (nSPS) is 25.7. The number of methoxy groups -OCH3 is 1. The summed E-state index contributed by atoms with van der Waals surface area (Å²) in [5, 5.41) is 22.7. The number of likely N-dealkylation sites (N-methyl/N-ethyl adjacent to an activating group) is 1. The summed E-state index contributed by atoms with van der Waals surface area (Å²) in [5.41, 5.74) is 6.98. The number of aromatic hydroxyl groups is 2. The largest absolute Gasteiger partial charge is 0.508 e. The zero-order chi connectivity index (χ0) is 34.4. The number of nitrogens with zero attached hydrogens (tertiary/aromatic N) is 2. The molecule has 1 spiro atoms. The van der Waals surface area contributed by atoms with E-state index in [4.69, 9.17) is 14.2 Å². The maximum atomic E-state index is 14.2. The monoisotopic (exact) mass is 669 g/mol. The van der Waals surface area contributed by atoms with Gasteiger partial charge in [0.15, 0.2) is 11.5 Å². The fourth-order valence-corrected chi connectivity index (χ4v) is 9.03. The molecule has 7 rings (SSSR count). The third-order valence-corrected chi connectivity index (χ3v) is 11.2. The van der Waals surface area contributed by atoms with Crippen LogP contribution >= 0.6 is 0 Å². The van der Waals surface area contributed by atoms with Crippen LogP contribution in [0.2, 0.25) is 0 Å². The molecule has 0 radical (unpaired) electrons. The summed E-state index contributed by atoms with van der Waals surface area (Å²) in [7, 11) is 3.83. The minimum absolute atomic E-state index is 0.0488. The second-order valence-electron chi connectivity index (χ2n) is 14.6. The first-order valence-corrected chi connectivity index (χ1v) is 17.5. The fourth-order valence-electron chi connectivity index (χ4n) is 9.03. The van der Waals surface area contributed by atoms with Gasteiger partial charge in [0, 0.05) is 41.5 Å². The van der Waals surface area contributed by atoms with E-state index in [2.05, 4.69) is 17.4 Å². The first-order chi connectivity index (χ1) is 23.6. The van der Waals surface area contributed by atoms with Crippen LogP contribution in [0.3, 0.4) is 0 Å². The number of hydrazine groups is 1. The summed E-state index contributed by atoms with van der Waals surface area (Å²) in [6.07, 6.45) is 3.33. The van der Waals surface area contributed by atoms with Crippen LogP contribution in [0, 0.1) is 11.8 Å². The van der Waals surface area contributed by atoms with Gasteiger partial charge in [-0.3, -0.25) is 9.80 Å². The summed E-state index contributed by atoms with van der Waals surface area (Å²) in [5.74, 6) is 1.01. The van der Waals surface area contributed by atoms with Crippen LogP contribution in [0.25, 0.3) is 0 Å². The Hall–Kier alpha value is -4.28. The van der Waals surface area contributed by atoms with E-state index < -0.39 is 12.0 Å². The molecule has 3 N–H and O–H groups in total. The van der Waals surface area contributed by atoms with E-state index in [0.717, 1.165) is 54.5 Å². The lowest BCUT2D eigenvalue weighted by Gasteiger charge is -2.59. The zero-order valence-corrected chi connectivity index (χ0v) is 28.7. The summed E-state index contributed by atoms with van der Waals surface area (Å²) in [4.78, 5) is 30.8. The second-order valence-corrected chi connectivity index (χ2v) is 14.6. The molecular weight excluding hydrogens is 622 g/mol. The second kappa shape index (κ2) is 13.2. The van der Waals surface area contributed by atoms with E-state index in [1.54, 1.807) is 37.4 Å². The van der Waals surface area contributed by atoms with Crippen molar-refractivity contribution in [1.82, 2.24) is 15.3 Å². The summed E-state index contributed by atoms with van der Waals surface area (Å²) in [6.45, 7) is 4.93. The Bertz CT molecular complexity index is 1700. The topological polar surface area (TPSA) is 121 Å². The minimum Gasteiger partial charge on any atom is -0.508 e. The van der Waals surface area contributed by atoms with Gasteiger partial charge in [0.2, 0.25) is 5.91 Å². The zero-order valence-electron chi connectivity index (χ0n) is 28.7. The van der Waals surface area contributed by atoms with E-state index in [-0.39, 0.29) is 60.3 Å². The van der Waals surface area contributed by atoms with Crippen molar-refractivity contribution < 1.29 is 34.0 Å². The molecule has 2 aliphatic carbocycles. The third kappa shape index (κ3) is 5.88.